The molecule has 2 aromatic carbocycles. The van der Waals surface area contributed by atoms with Crippen molar-refractivity contribution in [3.63, 3.8) is 0 Å². The maximum atomic E-state index is 13.9. The van der Waals surface area contributed by atoms with Gasteiger partial charge in [-0.25, -0.2) is 4.39 Å². The van der Waals surface area contributed by atoms with Gasteiger partial charge in [0.25, 0.3) is 0 Å². The number of anilines is 2. The third-order valence-corrected chi connectivity index (χ3v) is 3.63. The summed E-state index contributed by atoms with van der Waals surface area (Å²) < 4.78 is 13.9. The topological polar surface area (TPSA) is 15.3 Å². The van der Waals surface area contributed by atoms with Gasteiger partial charge in [-0.2, -0.15) is 0 Å². The molecule has 0 aliphatic heterocycles. The molecule has 2 aromatic rings. The molecule has 0 aliphatic rings. The summed E-state index contributed by atoms with van der Waals surface area (Å²) in [6.07, 6.45) is 0. The van der Waals surface area contributed by atoms with Crippen LogP contribution in [0, 0.1) is 12.7 Å². The third-order valence-electron chi connectivity index (χ3n) is 3.63. The van der Waals surface area contributed by atoms with Crippen molar-refractivity contribution in [2.24, 2.45) is 0 Å². The predicted molar refractivity (Wildman–Crippen MR) is 87.6 cm³/mol. The number of rotatable bonds is 5. The Kier molecular flexibility index (Phi) is 4.97. The summed E-state index contributed by atoms with van der Waals surface area (Å²) in [4.78, 5) is 1.88. The van der Waals surface area contributed by atoms with Crippen LogP contribution in [0.4, 0.5) is 15.8 Å². The highest BCUT2D eigenvalue weighted by Gasteiger charge is 2.10. The van der Waals surface area contributed by atoms with E-state index in [0.29, 0.717) is 11.7 Å². The summed E-state index contributed by atoms with van der Waals surface area (Å²) >= 11 is 0. The Hall–Kier alpha value is -1.87. The fourth-order valence-corrected chi connectivity index (χ4v) is 2.26. The molecule has 3 heteroatoms. The Morgan fingerprint density at radius 1 is 1.14 bits per heavy atom. The molecule has 0 aromatic heterocycles. The van der Waals surface area contributed by atoms with Crippen LogP contribution in [0.1, 0.15) is 25.0 Å². The minimum Gasteiger partial charge on any atom is -0.342 e. The van der Waals surface area contributed by atoms with Gasteiger partial charge in [0, 0.05) is 25.3 Å². The molecule has 1 N–H and O–H groups in total. The summed E-state index contributed by atoms with van der Waals surface area (Å²) in [5.41, 5.74) is 4.06. The van der Waals surface area contributed by atoms with E-state index in [-0.39, 0.29) is 5.82 Å². The van der Waals surface area contributed by atoms with Gasteiger partial charge in [0.05, 0.1) is 5.69 Å². The van der Waals surface area contributed by atoms with E-state index in [1.807, 2.05) is 24.1 Å². The lowest BCUT2D eigenvalue weighted by atomic mass is 10.1. The molecule has 2 rings (SSSR count). The van der Waals surface area contributed by atoms with Gasteiger partial charge in [-0.15, -0.1) is 0 Å². The van der Waals surface area contributed by atoms with Crippen LogP contribution in [0.2, 0.25) is 0 Å². The van der Waals surface area contributed by atoms with Gasteiger partial charge in [0.2, 0.25) is 0 Å². The lowest BCUT2D eigenvalue weighted by molar-refractivity contribution is 0.587. The number of aryl methyl sites for hydroxylation is 1. The number of nitrogens with zero attached hydrogens (tertiary/aromatic N) is 1. The SMILES string of the molecule is Cc1cc(N(C)c2ccccc2F)ccc1CNC(C)C. The fraction of sp³-hybridized carbons (Fsp3) is 0.333. The molecule has 0 radical (unpaired) electrons. The summed E-state index contributed by atoms with van der Waals surface area (Å²) in [5.74, 6) is -0.205. The number of nitrogens with one attached hydrogen (secondary N) is 1. The lowest BCUT2D eigenvalue weighted by Gasteiger charge is -2.21. The second-order valence-corrected chi connectivity index (χ2v) is 5.66. The van der Waals surface area contributed by atoms with Crippen molar-refractivity contribution >= 4 is 11.4 Å². The van der Waals surface area contributed by atoms with Crippen molar-refractivity contribution in [3.05, 3.63) is 59.4 Å². The molecule has 0 fully saturated rings. The van der Waals surface area contributed by atoms with Gasteiger partial charge >= 0.3 is 0 Å². The molecular formula is C18H23FN2. The highest BCUT2D eigenvalue weighted by molar-refractivity contribution is 5.64. The number of hydrogen-bond donors (Lipinski definition) is 1. The molecular weight excluding hydrogens is 263 g/mol. The first kappa shape index (κ1) is 15.5. The van der Waals surface area contributed by atoms with Crippen molar-refractivity contribution in [2.45, 2.75) is 33.4 Å². The van der Waals surface area contributed by atoms with Crippen LogP contribution >= 0.6 is 0 Å². The van der Waals surface area contributed by atoms with Gasteiger partial charge < -0.3 is 10.2 Å². The smallest absolute Gasteiger partial charge is 0.146 e. The van der Waals surface area contributed by atoms with Crippen LogP contribution in [0.25, 0.3) is 0 Å². The monoisotopic (exact) mass is 286 g/mol. The van der Waals surface area contributed by atoms with Crippen LogP contribution in [-0.2, 0) is 6.54 Å². The molecule has 2 nitrogen and oxygen atoms in total. The van der Waals surface area contributed by atoms with E-state index in [1.165, 1.54) is 17.2 Å². The summed E-state index contributed by atoms with van der Waals surface area (Å²) in [6, 6.07) is 13.5. The average molecular weight is 286 g/mol. The quantitative estimate of drug-likeness (QED) is 0.876. The third kappa shape index (κ3) is 3.82. The van der Waals surface area contributed by atoms with E-state index in [0.717, 1.165) is 12.2 Å². The van der Waals surface area contributed by atoms with Gasteiger partial charge in [-0.05, 0) is 42.3 Å². The minimum absolute atomic E-state index is 0.205. The Morgan fingerprint density at radius 3 is 2.48 bits per heavy atom. The van der Waals surface area contributed by atoms with Crippen LogP contribution in [0.3, 0.4) is 0 Å². The van der Waals surface area contributed by atoms with Crippen molar-refractivity contribution in [1.29, 1.82) is 0 Å². The molecule has 0 spiro atoms. The van der Waals surface area contributed by atoms with E-state index < -0.39 is 0 Å². The van der Waals surface area contributed by atoms with Crippen LogP contribution in [-0.4, -0.2) is 13.1 Å². The van der Waals surface area contributed by atoms with E-state index in [4.69, 9.17) is 0 Å². The molecule has 112 valence electrons. The van der Waals surface area contributed by atoms with Gasteiger partial charge in [0.1, 0.15) is 5.82 Å². The zero-order valence-electron chi connectivity index (χ0n) is 13.2. The Balaban J connectivity index is 2.21. The Bertz CT molecular complexity index is 608. The molecule has 0 unspecified atom stereocenters. The molecule has 0 saturated carbocycles. The maximum absolute atomic E-state index is 13.9. The van der Waals surface area contributed by atoms with Crippen LogP contribution in [0.15, 0.2) is 42.5 Å². The van der Waals surface area contributed by atoms with Crippen molar-refractivity contribution in [3.8, 4) is 0 Å². The Morgan fingerprint density at radius 2 is 1.86 bits per heavy atom. The number of halogens is 1. The number of hydrogen-bond acceptors (Lipinski definition) is 2. The normalized spacial score (nSPS) is 11.0. The maximum Gasteiger partial charge on any atom is 0.146 e. The van der Waals surface area contributed by atoms with Gasteiger partial charge in [-0.1, -0.05) is 32.0 Å². The minimum atomic E-state index is -0.205. The lowest BCUT2D eigenvalue weighted by Crippen LogP contribution is -2.22. The molecule has 0 amide bonds. The summed E-state index contributed by atoms with van der Waals surface area (Å²) in [7, 11) is 1.89. The van der Waals surface area contributed by atoms with E-state index in [9.17, 15) is 4.39 Å². The van der Waals surface area contributed by atoms with E-state index >= 15 is 0 Å². The zero-order chi connectivity index (χ0) is 15.4. The largest absolute Gasteiger partial charge is 0.342 e. The van der Waals surface area contributed by atoms with Gasteiger partial charge in [-0.3, -0.25) is 0 Å². The second kappa shape index (κ2) is 6.72. The van der Waals surface area contributed by atoms with Crippen molar-refractivity contribution in [2.75, 3.05) is 11.9 Å². The number of para-hydroxylation sites is 1. The molecule has 0 atom stereocenters. The van der Waals surface area contributed by atoms with Crippen molar-refractivity contribution < 1.29 is 4.39 Å². The van der Waals surface area contributed by atoms with Crippen LogP contribution in [0.5, 0.6) is 0 Å². The van der Waals surface area contributed by atoms with E-state index in [2.05, 4.69) is 38.2 Å². The molecule has 0 aliphatic carbocycles. The van der Waals surface area contributed by atoms with Crippen LogP contribution < -0.4 is 10.2 Å². The second-order valence-electron chi connectivity index (χ2n) is 5.66. The predicted octanol–water partition coefficient (Wildman–Crippen LogP) is 4.40. The first-order chi connectivity index (χ1) is 9.99. The fourth-order valence-electron chi connectivity index (χ4n) is 2.26. The molecule has 21 heavy (non-hydrogen) atoms. The van der Waals surface area contributed by atoms with E-state index in [1.54, 1.807) is 12.1 Å². The summed E-state index contributed by atoms with van der Waals surface area (Å²) in [6.45, 7) is 7.22. The van der Waals surface area contributed by atoms with Crippen molar-refractivity contribution in [1.82, 2.24) is 5.32 Å². The summed E-state index contributed by atoms with van der Waals surface area (Å²) in [5, 5.41) is 3.42. The first-order valence-corrected chi connectivity index (χ1v) is 7.30. The van der Waals surface area contributed by atoms with Gasteiger partial charge in [0.15, 0.2) is 0 Å². The Labute approximate surface area is 126 Å². The average Bonchev–Trinajstić information content (AvgIpc) is 2.45. The standard InChI is InChI=1S/C18H23FN2/c1-13(2)20-12-15-9-10-16(11-14(15)3)21(4)18-8-6-5-7-17(18)19/h5-11,13,20H,12H2,1-4H3. The highest BCUT2D eigenvalue weighted by atomic mass is 19.1. The molecule has 0 bridgehead atoms. The molecule has 0 heterocycles. The molecule has 0 saturated heterocycles. The zero-order valence-corrected chi connectivity index (χ0v) is 13.2. The number of benzene rings is 2. The first-order valence-electron chi connectivity index (χ1n) is 7.30. The highest BCUT2D eigenvalue weighted by Crippen LogP contribution is 2.27.